The van der Waals surface area contributed by atoms with Gasteiger partial charge in [0.05, 0.1) is 34.5 Å². The van der Waals surface area contributed by atoms with Gasteiger partial charge in [-0.15, -0.1) is 0 Å². The number of aliphatic imine (C=N–C) groups is 1. The van der Waals surface area contributed by atoms with E-state index in [1.165, 1.54) is 65.5 Å². The Kier molecular flexibility index (Phi) is 12.4. The molecule has 0 bridgehead atoms. The van der Waals surface area contributed by atoms with Crippen LogP contribution in [0.15, 0.2) is 317 Å². The summed E-state index contributed by atoms with van der Waals surface area (Å²) >= 11 is 0. The van der Waals surface area contributed by atoms with Crippen LogP contribution in [0.4, 0.5) is 39.8 Å². The molecule has 0 N–H and O–H groups in total. The summed E-state index contributed by atoms with van der Waals surface area (Å²) < 4.78 is 15.0. The molecule has 6 heteroatoms. The van der Waals surface area contributed by atoms with Crippen LogP contribution in [0, 0.1) is 0 Å². The van der Waals surface area contributed by atoms with Crippen molar-refractivity contribution in [2.24, 2.45) is 4.99 Å². The summed E-state index contributed by atoms with van der Waals surface area (Å²) in [5.41, 5.74) is 16.4. The third-order valence-electron chi connectivity index (χ3n) is 19.8. The van der Waals surface area contributed by atoms with Crippen molar-refractivity contribution in [3.63, 3.8) is 0 Å². The van der Waals surface area contributed by atoms with Crippen LogP contribution in [0.3, 0.4) is 0 Å². The SMILES string of the molecule is CC(C)c1cc2oc3cc(N(c4ccc5cc(-c6ccccc6)ccc5c4)c4cc5ccccc5c5ccccc45)ccc3c2c2c1cc(N1C=NC=CC1)c1cc(N(c3ccccc3)c3cccc4c(-c5ccccc5)c5ccccc5cc34)c3c4ccccc4oc3c12. The molecule has 18 aromatic rings. The Labute approximate surface area is 548 Å². The summed E-state index contributed by atoms with van der Waals surface area (Å²) in [6, 6.07) is 107. The lowest BCUT2D eigenvalue weighted by Gasteiger charge is -2.30. The smallest absolute Gasteiger partial charge is 0.146 e. The topological polar surface area (TPSA) is 48.4 Å². The molecule has 6 nitrogen and oxygen atoms in total. The van der Waals surface area contributed by atoms with Crippen molar-refractivity contribution in [2.45, 2.75) is 19.8 Å². The normalized spacial score (nSPS) is 12.7. The molecule has 1 aliphatic heterocycles. The highest BCUT2D eigenvalue weighted by molar-refractivity contribution is 6.37. The first-order valence-corrected chi connectivity index (χ1v) is 32.8. The van der Waals surface area contributed by atoms with Crippen LogP contribution in [-0.4, -0.2) is 12.9 Å². The fourth-order valence-corrected chi connectivity index (χ4v) is 15.5. The minimum Gasteiger partial charge on any atom is -0.456 e. The van der Waals surface area contributed by atoms with Gasteiger partial charge in [0, 0.05) is 79.0 Å². The molecule has 3 heterocycles. The zero-order chi connectivity index (χ0) is 62.8. The fraction of sp³-hybridized carbons (Fsp3) is 0.0449. The fourth-order valence-electron chi connectivity index (χ4n) is 15.5. The molecule has 19 rings (SSSR count). The van der Waals surface area contributed by atoms with E-state index >= 15 is 0 Å². The first-order valence-electron chi connectivity index (χ1n) is 32.8. The number of rotatable bonds is 10. The third-order valence-corrected chi connectivity index (χ3v) is 19.8. The van der Waals surface area contributed by atoms with E-state index in [2.05, 4.69) is 326 Å². The maximum Gasteiger partial charge on any atom is 0.146 e. The lowest BCUT2D eigenvalue weighted by molar-refractivity contribution is 0.668. The Bertz CT molecular complexity index is 6240. The maximum atomic E-state index is 7.58. The van der Waals surface area contributed by atoms with Crippen molar-refractivity contribution in [1.82, 2.24) is 0 Å². The molecule has 0 atom stereocenters. The number of fused-ring (bicyclic) bond motifs is 17. The molecular formula is C89H60N4O2. The van der Waals surface area contributed by atoms with Crippen molar-refractivity contribution in [3.8, 4) is 22.3 Å². The second kappa shape index (κ2) is 21.7. The van der Waals surface area contributed by atoms with Crippen LogP contribution in [0.5, 0.6) is 0 Å². The van der Waals surface area contributed by atoms with E-state index in [0.717, 1.165) is 121 Å². The quantitative estimate of drug-likeness (QED) is 0.101. The summed E-state index contributed by atoms with van der Waals surface area (Å²) in [7, 11) is 0. The summed E-state index contributed by atoms with van der Waals surface area (Å²) in [5, 5.41) is 20.2. The average molecular weight is 1220 g/mol. The molecule has 16 aromatic carbocycles. The number of furan rings is 2. The highest BCUT2D eigenvalue weighted by atomic mass is 16.3. The first kappa shape index (κ1) is 54.5. The van der Waals surface area contributed by atoms with E-state index in [-0.39, 0.29) is 5.92 Å². The summed E-state index contributed by atoms with van der Waals surface area (Å²) in [4.78, 5) is 12.0. The predicted octanol–water partition coefficient (Wildman–Crippen LogP) is 25.3. The van der Waals surface area contributed by atoms with E-state index in [4.69, 9.17) is 13.8 Å². The largest absolute Gasteiger partial charge is 0.456 e. The van der Waals surface area contributed by atoms with Crippen molar-refractivity contribution in [1.29, 1.82) is 0 Å². The second-order valence-electron chi connectivity index (χ2n) is 25.5. The van der Waals surface area contributed by atoms with E-state index in [9.17, 15) is 0 Å². The number of para-hydroxylation sites is 2. The van der Waals surface area contributed by atoms with Crippen LogP contribution < -0.4 is 14.7 Å². The van der Waals surface area contributed by atoms with E-state index < -0.39 is 0 Å². The van der Waals surface area contributed by atoms with Crippen LogP contribution >= 0.6 is 0 Å². The van der Waals surface area contributed by atoms with Crippen LogP contribution in [-0.2, 0) is 0 Å². The first-order chi connectivity index (χ1) is 47.0. The average Bonchev–Trinajstić information content (AvgIpc) is 1.65. The summed E-state index contributed by atoms with van der Waals surface area (Å²) in [5.74, 6) is 0.126. The molecule has 448 valence electrons. The predicted molar refractivity (Wildman–Crippen MR) is 403 cm³/mol. The molecule has 0 fully saturated rings. The number of hydrogen-bond donors (Lipinski definition) is 0. The van der Waals surface area contributed by atoms with E-state index in [1.807, 2.05) is 12.5 Å². The van der Waals surface area contributed by atoms with Gasteiger partial charge in [-0.2, -0.15) is 0 Å². The molecule has 0 radical (unpaired) electrons. The second-order valence-corrected chi connectivity index (χ2v) is 25.5. The molecule has 2 aromatic heterocycles. The molecule has 0 saturated heterocycles. The van der Waals surface area contributed by atoms with Gasteiger partial charge in [0.25, 0.3) is 0 Å². The van der Waals surface area contributed by atoms with Gasteiger partial charge >= 0.3 is 0 Å². The summed E-state index contributed by atoms with van der Waals surface area (Å²) in [6.45, 7) is 5.23. The minimum atomic E-state index is 0.126. The lowest BCUT2D eigenvalue weighted by Crippen LogP contribution is -2.23. The molecule has 0 unspecified atom stereocenters. The molecule has 0 spiro atoms. The van der Waals surface area contributed by atoms with Crippen LogP contribution in [0.1, 0.15) is 25.3 Å². The van der Waals surface area contributed by atoms with Crippen LogP contribution in [0.25, 0.3) is 142 Å². The molecule has 0 aliphatic carbocycles. The maximum absolute atomic E-state index is 7.58. The van der Waals surface area contributed by atoms with Crippen molar-refractivity contribution < 1.29 is 8.83 Å². The standard InChI is InChI=1S/C89H60N4O2/c1-55(2)73-53-83-86(72-43-42-65(50-82(72)94-83)92(79-49-62-27-12-14-30-66(62)68-32-16-17-33-69(68)79)64-41-40-59-46-58(38-39-60(59)47-64)56-22-6-3-7-23-56)87-75(73)51-78(91-45-21-44-90-54-91)76-52-80(85-71-34-18-19-37-81(71)95-89(85)88(76)87)93(63-28-10-5-11-29-63)77-36-20-35-70-74(77)48-61-26-13-15-31-67(61)84(70)57-24-8-4-9-25-57/h3-44,46-55H,45H2,1-2H3. The van der Waals surface area contributed by atoms with Gasteiger partial charge in [-0.05, 0) is 173 Å². The minimum absolute atomic E-state index is 0.126. The van der Waals surface area contributed by atoms with Gasteiger partial charge < -0.3 is 23.5 Å². The molecular weight excluding hydrogens is 1160 g/mol. The van der Waals surface area contributed by atoms with E-state index in [0.29, 0.717) is 6.54 Å². The Balaban J connectivity index is 0.899. The molecule has 1 aliphatic rings. The van der Waals surface area contributed by atoms with Gasteiger partial charge in [-0.25, -0.2) is 4.99 Å². The van der Waals surface area contributed by atoms with Gasteiger partial charge in [0.2, 0.25) is 0 Å². The highest BCUT2D eigenvalue weighted by Crippen LogP contribution is 2.55. The van der Waals surface area contributed by atoms with Crippen LogP contribution in [0.2, 0.25) is 0 Å². The number of hydrogen-bond acceptors (Lipinski definition) is 6. The Hall–Kier alpha value is -12.3. The monoisotopic (exact) mass is 1220 g/mol. The lowest BCUT2D eigenvalue weighted by atomic mass is 9.88. The van der Waals surface area contributed by atoms with Gasteiger partial charge in [0.1, 0.15) is 22.3 Å². The van der Waals surface area contributed by atoms with E-state index in [1.54, 1.807) is 0 Å². The zero-order valence-electron chi connectivity index (χ0n) is 52.3. The van der Waals surface area contributed by atoms with Gasteiger partial charge in [-0.3, -0.25) is 0 Å². The highest BCUT2D eigenvalue weighted by Gasteiger charge is 2.30. The zero-order valence-corrected chi connectivity index (χ0v) is 52.3. The summed E-state index contributed by atoms with van der Waals surface area (Å²) in [6.07, 6.45) is 6.01. The number of benzene rings is 16. The molecule has 95 heavy (non-hydrogen) atoms. The van der Waals surface area contributed by atoms with Gasteiger partial charge in [0.15, 0.2) is 0 Å². The Morgan fingerprint density at radius 2 is 1.00 bits per heavy atom. The van der Waals surface area contributed by atoms with Gasteiger partial charge in [-0.1, -0.05) is 214 Å². The number of nitrogens with zero attached hydrogens (tertiary/aromatic N) is 4. The van der Waals surface area contributed by atoms with Crippen molar-refractivity contribution in [3.05, 3.63) is 309 Å². The molecule has 0 saturated carbocycles. The number of anilines is 7. The Morgan fingerprint density at radius 3 is 1.79 bits per heavy atom. The van der Waals surface area contributed by atoms with Crippen molar-refractivity contribution >= 4 is 165 Å². The van der Waals surface area contributed by atoms with Crippen molar-refractivity contribution in [2.75, 3.05) is 21.2 Å². The molecule has 0 amide bonds. The third kappa shape index (κ3) is 8.68. The Morgan fingerprint density at radius 1 is 0.347 bits per heavy atom.